The van der Waals surface area contributed by atoms with Crippen molar-refractivity contribution >= 4 is 15.4 Å². The Morgan fingerprint density at radius 1 is 1.30 bits per heavy atom. The van der Waals surface area contributed by atoms with Crippen LogP contribution in [0.5, 0.6) is 0 Å². The van der Waals surface area contributed by atoms with E-state index in [1.54, 1.807) is 13.0 Å². The predicted octanol–water partition coefficient (Wildman–Crippen LogP) is 1.24. The van der Waals surface area contributed by atoms with Gasteiger partial charge in [-0.1, -0.05) is 17.7 Å². The lowest BCUT2D eigenvalue weighted by atomic mass is 10.1. The molecule has 1 aromatic carbocycles. The first-order chi connectivity index (χ1) is 4.61. The fourth-order valence-corrected chi connectivity index (χ4v) is 1.37. The van der Waals surface area contributed by atoms with Crippen LogP contribution in [0.2, 0.25) is 0 Å². The molecule has 0 saturated carbocycles. The van der Waals surface area contributed by atoms with Gasteiger partial charge in [0.1, 0.15) is 5.82 Å². The molecule has 0 amide bonds. The van der Waals surface area contributed by atoms with Crippen molar-refractivity contribution in [2.24, 2.45) is 0 Å². The second kappa shape index (κ2) is 2.54. The van der Waals surface area contributed by atoms with E-state index < -0.39 is 0 Å². The summed E-state index contributed by atoms with van der Waals surface area (Å²) in [5, 5.41) is 0.539. The minimum absolute atomic E-state index is 0.165. The largest absolute Gasteiger partial charge is 0.207 e. The van der Waals surface area contributed by atoms with Crippen molar-refractivity contribution in [3.63, 3.8) is 0 Å². The Balaban J connectivity index is 3.31. The van der Waals surface area contributed by atoms with Gasteiger partial charge in [-0.25, -0.2) is 4.39 Å². The SMILES string of the molecule is Cc1cc(C)c(F)c([Si])c1. The van der Waals surface area contributed by atoms with Crippen LogP contribution in [0.1, 0.15) is 11.1 Å². The molecular weight excluding hydrogens is 143 g/mol. The maximum atomic E-state index is 12.9. The number of halogens is 1. The Morgan fingerprint density at radius 3 is 2.40 bits per heavy atom. The van der Waals surface area contributed by atoms with Crippen molar-refractivity contribution in [1.29, 1.82) is 0 Å². The molecule has 1 rings (SSSR count). The molecule has 0 nitrogen and oxygen atoms in total. The monoisotopic (exact) mass is 151 g/mol. The minimum atomic E-state index is -0.165. The smallest absolute Gasteiger partial charge is 0.124 e. The maximum Gasteiger partial charge on any atom is 0.124 e. The van der Waals surface area contributed by atoms with Crippen molar-refractivity contribution in [3.05, 3.63) is 29.1 Å². The molecule has 0 bridgehead atoms. The molecule has 0 atom stereocenters. The summed E-state index contributed by atoms with van der Waals surface area (Å²) in [6.07, 6.45) is 0. The van der Waals surface area contributed by atoms with Crippen LogP contribution in [0.25, 0.3) is 0 Å². The predicted molar refractivity (Wildman–Crippen MR) is 41.3 cm³/mol. The Kier molecular flexibility index (Phi) is 1.90. The van der Waals surface area contributed by atoms with E-state index in [1.807, 2.05) is 13.0 Å². The van der Waals surface area contributed by atoms with Gasteiger partial charge in [-0.05, 0) is 24.6 Å². The minimum Gasteiger partial charge on any atom is -0.207 e. The number of rotatable bonds is 0. The van der Waals surface area contributed by atoms with Crippen molar-refractivity contribution in [2.75, 3.05) is 0 Å². The molecule has 0 N–H and O–H groups in total. The molecule has 3 radical (unpaired) electrons. The van der Waals surface area contributed by atoms with Crippen LogP contribution < -0.4 is 5.19 Å². The average Bonchev–Trinajstić information content (AvgIpc) is 1.82. The lowest BCUT2D eigenvalue weighted by Gasteiger charge is -2.01. The standard InChI is InChI=1S/C8H8FSi/c1-5-3-6(2)8(9)7(10)4-5/h3-4H,1-2H3. The quantitative estimate of drug-likeness (QED) is 0.489. The molecule has 0 unspecified atom stereocenters. The zero-order valence-corrected chi connectivity index (χ0v) is 7.03. The van der Waals surface area contributed by atoms with Crippen molar-refractivity contribution < 1.29 is 4.39 Å². The summed E-state index contributed by atoms with van der Waals surface area (Å²) < 4.78 is 12.9. The Labute approximate surface area is 63.5 Å². The van der Waals surface area contributed by atoms with Crippen molar-refractivity contribution in [2.45, 2.75) is 13.8 Å². The molecule has 1 aromatic rings. The van der Waals surface area contributed by atoms with Gasteiger partial charge < -0.3 is 0 Å². The second-order valence-corrected chi connectivity index (χ2v) is 2.98. The third-order valence-corrected chi connectivity index (χ3v) is 1.76. The van der Waals surface area contributed by atoms with Crippen LogP contribution in [0, 0.1) is 19.7 Å². The van der Waals surface area contributed by atoms with E-state index in [0.29, 0.717) is 10.8 Å². The highest BCUT2D eigenvalue weighted by Crippen LogP contribution is 2.04. The number of aryl methyl sites for hydroxylation is 2. The average molecular weight is 151 g/mol. The number of hydrogen-bond donors (Lipinski definition) is 0. The first-order valence-electron chi connectivity index (χ1n) is 3.09. The molecule has 0 saturated heterocycles. The zero-order valence-electron chi connectivity index (χ0n) is 6.03. The normalized spacial score (nSPS) is 10.0. The van der Waals surface area contributed by atoms with Gasteiger partial charge in [-0.3, -0.25) is 0 Å². The Bertz CT molecular complexity index is 232. The molecule has 51 valence electrons. The van der Waals surface area contributed by atoms with E-state index in [9.17, 15) is 4.39 Å². The summed E-state index contributed by atoms with van der Waals surface area (Å²) in [7, 11) is 3.17. The van der Waals surface area contributed by atoms with Crippen molar-refractivity contribution in [1.82, 2.24) is 0 Å². The summed E-state index contributed by atoms with van der Waals surface area (Å²) >= 11 is 0. The first kappa shape index (κ1) is 7.47. The molecule has 0 fully saturated rings. The molecule has 0 aromatic heterocycles. The lowest BCUT2D eigenvalue weighted by molar-refractivity contribution is 0.626. The third kappa shape index (κ3) is 1.26. The number of hydrogen-bond acceptors (Lipinski definition) is 0. The van der Waals surface area contributed by atoms with Gasteiger partial charge in [0, 0.05) is 0 Å². The molecule has 0 aliphatic heterocycles. The van der Waals surface area contributed by atoms with E-state index in [4.69, 9.17) is 0 Å². The molecule has 0 spiro atoms. The van der Waals surface area contributed by atoms with Crippen LogP contribution in [-0.4, -0.2) is 10.2 Å². The molecule has 0 aliphatic rings. The first-order valence-corrected chi connectivity index (χ1v) is 3.59. The molecule has 0 heterocycles. The molecule has 10 heavy (non-hydrogen) atoms. The number of benzene rings is 1. The van der Waals surface area contributed by atoms with E-state index >= 15 is 0 Å². The lowest BCUT2D eigenvalue weighted by Crippen LogP contribution is -2.10. The van der Waals surface area contributed by atoms with Gasteiger partial charge in [-0.2, -0.15) is 0 Å². The highest BCUT2D eigenvalue weighted by atomic mass is 28.1. The van der Waals surface area contributed by atoms with Gasteiger partial charge >= 0.3 is 0 Å². The van der Waals surface area contributed by atoms with Crippen molar-refractivity contribution in [3.8, 4) is 0 Å². The fourth-order valence-electron chi connectivity index (χ4n) is 0.950. The van der Waals surface area contributed by atoms with Gasteiger partial charge in [-0.15, -0.1) is 0 Å². The highest BCUT2D eigenvalue weighted by molar-refractivity contribution is 6.32. The maximum absolute atomic E-state index is 12.9. The van der Waals surface area contributed by atoms with Crippen LogP contribution in [0.15, 0.2) is 12.1 Å². The zero-order chi connectivity index (χ0) is 7.72. The fraction of sp³-hybridized carbons (Fsp3) is 0.250. The highest BCUT2D eigenvalue weighted by Gasteiger charge is 2.00. The van der Waals surface area contributed by atoms with Gasteiger partial charge in [0.05, 0.1) is 10.2 Å². The van der Waals surface area contributed by atoms with Crippen LogP contribution in [0.3, 0.4) is 0 Å². The summed E-state index contributed by atoms with van der Waals surface area (Å²) in [5.74, 6) is -0.165. The second-order valence-electron chi connectivity index (χ2n) is 2.44. The Morgan fingerprint density at radius 2 is 1.90 bits per heavy atom. The van der Waals surface area contributed by atoms with Gasteiger partial charge in [0.2, 0.25) is 0 Å². The summed E-state index contributed by atoms with van der Waals surface area (Å²) in [5.41, 5.74) is 1.76. The third-order valence-electron chi connectivity index (χ3n) is 1.40. The summed E-state index contributed by atoms with van der Waals surface area (Å²) in [6, 6.07) is 3.58. The topological polar surface area (TPSA) is 0 Å². The molecular formula is C8H8FSi. The van der Waals surface area contributed by atoms with Crippen LogP contribution in [-0.2, 0) is 0 Å². The van der Waals surface area contributed by atoms with Crippen LogP contribution >= 0.6 is 0 Å². The van der Waals surface area contributed by atoms with Gasteiger partial charge in [0.25, 0.3) is 0 Å². The van der Waals surface area contributed by atoms with E-state index in [1.165, 1.54) is 0 Å². The Hall–Kier alpha value is -0.633. The molecule has 0 aliphatic carbocycles. The van der Waals surface area contributed by atoms with E-state index in [0.717, 1.165) is 5.56 Å². The van der Waals surface area contributed by atoms with Crippen LogP contribution in [0.4, 0.5) is 4.39 Å². The molecule has 2 heteroatoms. The summed E-state index contributed by atoms with van der Waals surface area (Å²) in [6.45, 7) is 3.70. The van der Waals surface area contributed by atoms with E-state index in [2.05, 4.69) is 10.2 Å². The van der Waals surface area contributed by atoms with Gasteiger partial charge in [0.15, 0.2) is 0 Å². The summed E-state index contributed by atoms with van der Waals surface area (Å²) in [4.78, 5) is 0. The van der Waals surface area contributed by atoms with E-state index in [-0.39, 0.29) is 5.82 Å².